The van der Waals surface area contributed by atoms with E-state index in [1.807, 2.05) is 44.2 Å². The highest BCUT2D eigenvalue weighted by Gasteiger charge is 2.33. The molecule has 1 aromatic rings. The normalized spacial score (nSPS) is 15.7. The lowest BCUT2D eigenvalue weighted by atomic mass is 10.1. The van der Waals surface area contributed by atoms with Gasteiger partial charge >= 0.3 is 0 Å². The van der Waals surface area contributed by atoms with Gasteiger partial charge in [-0.05, 0) is 17.1 Å². The van der Waals surface area contributed by atoms with Crippen molar-refractivity contribution in [2.75, 3.05) is 18.1 Å². The average molecular weight is 347 g/mol. The van der Waals surface area contributed by atoms with Crippen molar-refractivity contribution in [1.29, 1.82) is 0 Å². The molecule has 0 radical (unpaired) electrons. The van der Waals surface area contributed by atoms with Crippen molar-refractivity contribution in [3.63, 3.8) is 0 Å². The van der Waals surface area contributed by atoms with Gasteiger partial charge in [0.05, 0.1) is 17.8 Å². The van der Waals surface area contributed by atoms with Crippen LogP contribution in [0.15, 0.2) is 30.3 Å². The Morgan fingerprint density at radius 1 is 1.05 bits per heavy atom. The Morgan fingerprint density at radius 3 is 2.14 bits per heavy atom. The van der Waals surface area contributed by atoms with Gasteiger partial charge in [0, 0.05) is 0 Å². The van der Waals surface area contributed by atoms with Gasteiger partial charge < -0.3 is 20.1 Å². The lowest BCUT2D eigenvalue weighted by molar-refractivity contribution is -0.114. The molecule has 0 bridgehead atoms. The van der Waals surface area contributed by atoms with E-state index in [1.165, 1.54) is 0 Å². The fourth-order valence-electron chi connectivity index (χ4n) is 2.04. The van der Waals surface area contributed by atoms with Gasteiger partial charge in [-0.2, -0.15) is 0 Å². The van der Waals surface area contributed by atoms with Crippen LogP contribution < -0.4 is 0 Å². The maximum Gasteiger partial charge on any atom is 0.114 e. The van der Waals surface area contributed by atoms with E-state index in [-0.39, 0.29) is 4.58 Å². The average Bonchev–Trinajstić information content (AvgIpc) is 2.55. The van der Waals surface area contributed by atoms with Crippen molar-refractivity contribution in [1.82, 2.24) is 0 Å². The fraction of sp³-hybridized carbons (Fsp3) is 0.625. The smallest absolute Gasteiger partial charge is 0.114 e. The molecule has 0 aliphatic heterocycles. The van der Waals surface area contributed by atoms with Crippen molar-refractivity contribution in [3.05, 3.63) is 35.9 Å². The zero-order valence-corrected chi connectivity index (χ0v) is 14.7. The van der Waals surface area contributed by atoms with E-state index in [0.29, 0.717) is 6.61 Å². The molecule has 0 unspecified atom stereocenters. The Morgan fingerprint density at radius 2 is 1.64 bits per heavy atom. The Hall–Kier alpha value is -0.240. The minimum atomic E-state index is -1.10. The van der Waals surface area contributed by atoms with Crippen LogP contribution >= 0.6 is 23.5 Å². The highest BCUT2D eigenvalue weighted by Crippen LogP contribution is 2.30. The Bertz CT molecular complexity index is 385. The zero-order valence-electron chi connectivity index (χ0n) is 13.1. The van der Waals surface area contributed by atoms with Gasteiger partial charge in [-0.15, -0.1) is 23.5 Å². The van der Waals surface area contributed by atoms with Crippen LogP contribution in [0, 0.1) is 0 Å². The summed E-state index contributed by atoms with van der Waals surface area (Å²) in [6.45, 7) is 3.92. The summed E-state index contributed by atoms with van der Waals surface area (Å²) in [5.41, 5.74) is 0.965. The Kier molecular flexibility index (Phi) is 10.2. The van der Waals surface area contributed by atoms with Crippen LogP contribution in [0.2, 0.25) is 0 Å². The van der Waals surface area contributed by atoms with Gasteiger partial charge in [-0.1, -0.05) is 44.2 Å². The number of ether oxygens (including phenoxy) is 1. The molecule has 0 amide bonds. The molecular weight excluding hydrogens is 320 g/mol. The van der Waals surface area contributed by atoms with Crippen molar-refractivity contribution >= 4 is 23.5 Å². The summed E-state index contributed by atoms with van der Waals surface area (Å²) < 4.78 is 5.64. The van der Waals surface area contributed by atoms with Gasteiger partial charge in [-0.3, -0.25) is 0 Å². The van der Waals surface area contributed by atoms with Crippen LogP contribution in [0.25, 0.3) is 0 Å². The zero-order chi connectivity index (χ0) is 16.4. The first-order chi connectivity index (χ1) is 10.6. The lowest BCUT2D eigenvalue weighted by Crippen LogP contribution is -2.45. The molecule has 3 atom stereocenters. The quantitative estimate of drug-likeness (QED) is 0.533. The van der Waals surface area contributed by atoms with E-state index in [4.69, 9.17) is 4.74 Å². The highest BCUT2D eigenvalue weighted by atomic mass is 32.2. The summed E-state index contributed by atoms with van der Waals surface area (Å²) in [4.78, 5) is 0. The van der Waals surface area contributed by atoms with Gasteiger partial charge in [0.25, 0.3) is 0 Å². The van der Waals surface area contributed by atoms with Crippen molar-refractivity contribution in [3.8, 4) is 0 Å². The SMILES string of the molecule is CCSC(SCC)[C@H](O)[C@@H](OCc1ccccc1)[C@H](O)CO. The second-order valence-electron chi connectivity index (χ2n) is 4.78. The Labute approximate surface area is 141 Å². The van der Waals surface area contributed by atoms with Crippen LogP contribution in [0.3, 0.4) is 0 Å². The van der Waals surface area contributed by atoms with Gasteiger partial charge in [0.15, 0.2) is 0 Å². The molecule has 0 aromatic heterocycles. The largest absolute Gasteiger partial charge is 0.394 e. The van der Waals surface area contributed by atoms with E-state index >= 15 is 0 Å². The fourth-order valence-corrected chi connectivity index (χ4v) is 4.60. The maximum absolute atomic E-state index is 10.6. The van der Waals surface area contributed by atoms with E-state index in [1.54, 1.807) is 23.5 Å². The minimum absolute atomic E-state index is 0.0861. The maximum atomic E-state index is 10.6. The van der Waals surface area contributed by atoms with Crippen molar-refractivity contribution in [2.45, 2.75) is 43.3 Å². The molecule has 0 aliphatic rings. The predicted octanol–water partition coefficient (Wildman–Crippen LogP) is 2.12. The summed E-state index contributed by atoms with van der Waals surface area (Å²) in [7, 11) is 0. The lowest BCUT2D eigenvalue weighted by Gasteiger charge is -2.31. The molecule has 0 fully saturated rings. The van der Waals surface area contributed by atoms with Crippen LogP contribution in [0.1, 0.15) is 19.4 Å². The predicted molar refractivity (Wildman–Crippen MR) is 94.2 cm³/mol. The molecule has 6 heteroatoms. The molecule has 4 nitrogen and oxygen atoms in total. The van der Waals surface area contributed by atoms with Gasteiger partial charge in [0.1, 0.15) is 18.3 Å². The van der Waals surface area contributed by atoms with Crippen LogP contribution in [0.5, 0.6) is 0 Å². The minimum Gasteiger partial charge on any atom is -0.394 e. The second kappa shape index (κ2) is 11.3. The molecule has 0 aliphatic carbocycles. The van der Waals surface area contributed by atoms with Gasteiger partial charge in [0.2, 0.25) is 0 Å². The number of hydrogen-bond donors (Lipinski definition) is 3. The monoisotopic (exact) mass is 346 g/mol. The first kappa shape index (κ1) is 19.8. The highest BCUT2D eigenvalue weighted by molar-refractivity contribution is 8.17. The van der Waals surface area contributed by atoms with E-state index in [0.717, 1.165) is 17.1 Å². The molecule has 0 saturated heterocycles. The number of aliphatic hydroxyl groups is 3. The molecule has 1 aromatic carbocycles. The summed E-state index contributed by atoms with van der Waals surface area (Å²) in [5, 5.41) is 29.8. The first-order valence-corrected chi connectivity index (χ1v) is 9.59. The van der Waals surface area contributed by atoms with E-state index < -0.39 is 24.9 Å². The molecule has 1 rings (SSSR count). The first-order valence-electron chi connectivity index (χ1n) is 7.49. The number of rotatable bonds is 11. The van der Waals surface area contributed by atoms with Gasteiger partial charge in [-0.25, -0.2) is 0 Å². The molecule has 0 spiro atoms. The number of thioether (sulfide) groups is 2. The summed E-state index contributed by atoms with van der Waals surface area (Å²) in [6.07, 6.45) is -2.76. The molecular formula is C16H26O4S2. The molecule has 0 saturated carbocycles. The third-order valence-electron chi connectivity index (χ3n) is 3.13. The summed E-state index contributed by atoms with van der Waals surface area (Å²) >= 11 is 3.25. The van der Waals surface area contributed by atoms with Crippen molar-refractivity contribution < 1.29 is 20.1 Å². The van der Waals surface area contributed by atoms with Crippen molar-refractivity contribution in [2.24, 2.45) is 0 Å². The molecule has 126 valence electrons. The Balaban J connectivity index is 2.73. The third-order valence-corrected chi connectivity index (χ3v) is 5.83. The molecule has 0 heterocycles. The standard InChI is InChI=1S/C16H26O4S2/c1-3-21-16(22-4-2)14(19)15(13(18)10-17)20-11-12-8-6-5-7-9-12/h5-9,13-19H,3-4,10-11H2,1-2H3/t13-,14-,15+/m1/s1. The second-order valence-corrected chi connectivity index (χ2v) is 7.92. The number of benzene rings is 1. The number of hydrogen-bond acceptors (Lipinski definition) is 6. The van der Waals surface area contributed by atoms with E-state index in [2.05, 4.69) is 0 Å². The summed E-state index contributed by atoms with van der Waals surface area (Å²) in [6, 6.07) is 9.59. The topological polar surface area (TPSA) is 69.9 Å². The van der Waals surface area contributed by atoms with Crippen LogP contribution in [0.4, 0.5) is 0 Å². The summed E-state index contributed by atoms with van der Waals surface area (Å²) in [5.74, 6) is 1.74. The molecule has 22 heavy (non-hydrogen) atoms. The number of aliphatic hydroxyl groups excluding tert-OH is 3. The van der Waals surface area contributed by atoms with Crippen LogP contribution in [-0.4, -0.2) is 56.3 Å². The van der Waals surface area contributed by atoms with E-state index in [9.17, 15) is 15.3 Å². The third kappa shape index (κ3) is 6.48. The van der Waals surface area contributed by atoms with Crippen LogP contribution in [-0.2, 0) is 11.3 Å². The molecule has 3 N–H and O–H groups in total.